The van der Waals surface area contributed by atoms with Gasteiger partial charge in [-0.05, 0) is 35.9 Å². The Bertz CT molecular complexity index is 1090. The average molecular weight is 351 g/mol. The van der Waals surface area contributed by atoms with Gasteiger partial charge in [-0.2, -0.15) is 0 Å². The Balaban J connectivity index is 1.56. The molecule has 0 unspecified atom stereocenters. The Labute approximate surface area is 146 Å². The van der Waals surface area contributed by atoms with E-state index in [0.717, 1.165) is 22.0 Å². The van der Waals surface area contributed by atoms with Crippen molar-refractivity contribution >= 4 is 22.7 Å². The number of aromatic nitrogens is 3. The molecule has 0 bridgehead atoms. The summed E-state index contributed by atoms with van der Waals surface area (Å²) in [6, 6.07) is 15.8. The van der Waals surface area contributed by atoms with Gasteiger partial charge in [-0.1, -0.05) is 30.0 Å². The Morgan fingerprint density at radius 3 is 2.72 bits per heavy atom. The quantitative estimate of drug-likeness (QED) is 0.546. The topological polar surface area (TPSA) is 92.0 Å². The first-order valence-electron chi connectivity index (χ1n) is 7.56. The zero-order valence-corrected chi connectivity index (χ0v) is 13.8. The van der Waals surface area contributed by atoms with Crippen LogP contribution in [0.2, 0.25) is 0 Å². The number of thioether (sulfide) groups is 1. The predicted molar refractivity (Wildman–Crippen MR) is 95.5 cm³/mol. The molecule has 0 aliphatic heterocycles. The Hall–Kier alpha value is -3.06. The van der Waals surface area contributed by atoms with Gasteiger partial charge in [-0.25, -0.2) is 0 Å². The number of hydrogen-bond donors (Lipinski definition) is 2. The summed E-state index contributed by atoms with van der Waals surface area (Å²) in [4.78, 5) is 14.6. The number of pyridine rings is 1. The molecule has 25 heavy (non-hydrogen) atoms. The minimum atomic E-state index is -0.135. The number of nitrogens with one attached hydrogen (secondary N) is 1. The lowest BCUT2D eigenvalue weighted by Gasteiger charge is -2.04. The fourth-order valence-electron chi connectivity index (χ4n) is 2.52. The highest BCUT2D eigenvalue weighted by atomic mass is 32.2. The standard InChI is InChI=1S/C18H13N3O3S/c22-13-7-5-11(6-8-13)17-20-21-18(24-17)25-10-12-9-16(23)19-15-4-2-1-3-14(12)15/h1-9,22H,10H2,(H,19,23). The van der Waals surface area contributed by atoms with Gasteiger partial charge in [0.2, 0.25) is 11.4 Å². The van der Waals surface area contributed by atoms with Crippen LogP contribution in [-0.2, 0) is 5.75 Å². The number of phenols is 1. The lowest BCUT2D eigenvalue weighted by molar-refractivity contribution is 0.465. The van der Waals surface area contributed by atoms with E-state index in [0.29, 0.717) is 16.9 Å². The number of benzene rings is 2. The fraction of sp³-hybridized carbons (Fsp3) is 0.0556. The summed E-state index contributed by atoms with van der Waals surface area (Å²) in [6.07, 6.45) is 0. The Kier molecular flexibility index (Phi) is 3.99. The van der Waals surface area contributed by atoms with Crippen molar-refractivity contribution in [3.8, 4) is 17.2 Å². The summed E-state index contributed by atoms with van der Waals surface area (Å²) in [7, 11) is 0. The normalized spacial score (nSPS) is 11.0. The minimum Gasteiger partial charge on any atom is -0.508 e. The molecule has 0 aliphatic carbocycles. The molecule has 2 N–H and O–H groups in total. The van der Waals surface area contributed by atoms with E-state index in [4.69, 9.17) is 4.42 Å². The molecule has 4 rings (SSSR count). The number of aromatic amines is 1. The van der Waals surface area contributed by atoms with E-state index in [1.807, 2.05) is 24.3 Å². The molecule has 0 amide bonds. The van der Waals surface area contributed by atoms with Crippen molar-refractivity contribution in [2.75, 3.05) is 0 Å². The van der Waals surface area contributed by atoms with Crippen LogP contribution in [0.15, 0.2) is 69.0 Å². The second-order valence-electron chi connectivity index (χ2n) is 5.41. The van der Waals surface area contributed by atoms with Crippen LogP contribution in [0.4, 0.5) is 0 Å². The average Bonchev–Trinajstić information content (AvgIpc) is 3.09. The molecular weight excluding hydrogens is 338 g/mol. The highest BCUT2D eigenvalue weighted by molar-refractivity contribution is 7.98. The van der Waals surface area contributed by atoms with E-state index in [1.165, 1.54) is 11.8 Å². The molecule has 2 aromatic heterocycles. The lowest BCUT2D eigenvalue weighted by atomic mass is 10.1. The van der Waals surface area contributed by atoms with Crippen LogP contribution in [0.5, 0.6) is 5.75 Å². The molecule has 0 saturated carbocycles. The van der Waals surface area contributed by atoms with Crippen LogP contribution < -0.4 is 5.56 Å². The Morgan fingerprint density at radius 2 is 1.88 bits per heavy atom. The monoisotopic (exact) mass is 351 g/mol. The van der Waals surface area contributed by atoms with Crippen LogP contribution in [0.1, 0.15) is 5.56 Å². The number of aromatic hydroxyl groups is 1. The van der Waals surface area contributed by atoms with Crippen molar-refractivity contribution in [3.05, 3.63) is 70.5 Å². The summed E-state index contributed by atoms with van der Waals surface area (Å²) in [5.41, 5.74) is 2.32. The highest BCUT2D eigenvalue weighted by Crippen LogP contribution is 2.28. The number of hydrogen-bond acceptors (Lipinski definition) is 6. The molecule has 124 valence electrons. The SMILES string of the molecule is O=c1cc(CSc2nnc(-c3ccc(O)cc3)o2)c2ccccc2[nH]1. The predicted octanol–water partition coefficient (Wildman–Crippen LogP) is 3.58. The lowest BCUT2D eigenvalue weighted by Crippen LogP contribution is -2.05. The van der Waals surface area contributed by atoms with Gasteiger partial charge in [0.05, 0.1) is 0 Å². The van der Waals surface area contributed by atoms with E-state index < -0.39 is 0 Å². The molecule has 0 aliphatic rings. The van der Waals surface area contributed by atoms with Gasteiger partial charge in [-0.3, -0.25) is 4.79 Å². The van der Waals surface area contributed by atoms with Crippen molar-refractivity contribution in [2.24, 2.45) is 0 Å². The van der Waals surface area contributed by atoms with Crippen LogP contribution in [0.3, 0.4) is 0 Å². The molecular formula is C18H13N3O3S. The number of nitrogens with zero attached hydrogens (tertiary/aromatic N) is 2. The molecule has 0 spiro atoms. The molecule has 2 heterocycles. The van der Waals surface area contributed by atoms with Crippen molar-refractivity contribution < 1.29 is 9.52 Å². The highest BCUT2D eigenvalue weighted by Gasteiger charge is 2.11. The first-order chi connectivity index (χ1) is 12.2. The van der Waals surface area contributed by atoms with Gasteiger partial charge in [0.1, 0.15) is 5.75 Å². The molecule has 0 saturated heterocycles. The van der Waals surface area contributed by atoms with Crippen LogP contribution >= 0.6 is 11.8 Å². The van der Waals surface area contributed by atoms with E-state index in [1.54, 1.807) is 30.3 Å². The number of H-pyrrole nitrogens is 1. The molecule has 4 aromatic rings. The maximum Gasteiger partial charge on any atom is 0.277 e. The third-order valence-corrected chi connectivity index (χ3v) is 4.58. The number of phenolic OH excluding ortho intramolecular Hbond substituents is 1. The van der Waals surface area contributed by atoms with Gasteiger partial charge in [0, 0.05) is 28.3 Å². The summed E-state index contributed by atoms with van der Waals surface area (Å²) in [5, 5.41) is 18.8. The molecule has 6 nitrogen and oxygen atoms in total. The van der Waals surface area contributed by atoms with Crippen LogP contribution in [0, 0.1) is 0 Å². The summed E-state index contributed by atoms with van der Waals surface area (Å²) >= 11 is 1.37. The van der Waals surface area contributed by atoms with Crippen LogP contribution in [-0.4, -0.2) is 20.3 Å². The molecule has 0 radical (unpaired) electrons. The molecule has 7 heteroatoms. The van der Waals surface area contributed by atoms with Gasteiger partial charge in [0.25, 0.3) is 5.22 Å². The summed E-state index contributed by atoms with van der Waals surface area (Å²) in [6.45, 7) is 0. The van der Waals surface area contributed by atoms with Gasteiger partial charge < -0.3 is 14.5 Å². The van der Waals surface area contributed by atoms with Crippen molar-refractivity contribution in [1.29, 1.82) is 0 Å². The second kappa shape index (κ2) is 6.45. The maximum atomic E-state index is 11.8. The number of fused-ring (bicyclic) bond motifs is 1. The summed E-state index contributed by atoms with van der Waals surface area (Å²) in [5.74, 6) is 1.11. The third kappa shape index (κ3) is 3.27. The number of rotatable bonds is 4. The zero-order chi connectivity index (χ0) is 17.2. The number of para-hydroxylation sites is 1. The minimum absolute atomic E-state index is 0.135. The van der Waals surface area contributed by atoms with E-state index in [9.17, 15) is 9.90 Å². The van der Waals surface area contributed by atoms with E-state index >= 15 is 0 Å². The summed E-state index contributed by atoms with van der Waals surface area (Å²) < 4.78 is 5.65. The molecule has 0 fully saturated rings. The zero-order valence-electron chi connectivity index (χ0n) is 13.0. The smallest absolute Gasteiger partial charge is 0.277 e. The van der Waals surface area contributed by atoms with Crippen molar-refractivity contribution in [2.45, 2.75) is 11.0 Å². The first kappa shape index (κ1) is 15.5. The molecule has 0 atom stereocenters. The van der Waals surface area contributed by atoms with E-state index in [-0.39, 0.29) is 11.3 Å². The van der Waals surface area contributed by atoms with E-state index in [2.05, 4.69) is 15.2 Å². The maximum absolute atomic E-state index is 11.8. The second-order valence-corrected chi connectivity index (χ2v) is 6.34. The third-order valence-electron chi connectivity index (χ3n) is 3.71. The first-order valence-corrected chi connectivity index (χ1v) is 8.54. The van der Waals surface area contributed by atoms with Crippen molar-refractivity contribution in [1.82, 2.24) is 15.2 Å². The Morgan fingerprint density at radius 1 is 1.08 bits per heavy atom. The van der Waals surface area contributed by atoms with Gasteiger partial charge in [-0.15, -0.1) is 10.2 Å². The van der Waals surface area contributed by atoms with Crippen LogP contribution in [0.25, 0.3) is 22.4 Å². The van der Waals surface area contributed by atoms with Gasteiger partial charge in [0.15, 0.2) is 0 Å². The molecule has 2 aromatic carbocycles. The van der Waals surface area contributed by atoms with Gasteiger partial charge >= 0.3 is 0 Å². The fourth-order valence-corrected chi connectivity index (χ4v) is 3.28. The van der Waals surface area contributed by atoms with Crippen molar-refractivity contribution in [3.63, 3.8) is 0 Å². The largest absolute Gasteiger partial charge is 0.508 e.